The minimum atomic E-state index is -1.32. The van der Waals surface area contributed by atoms with E-state index in [2.05, 4.69) is 18.2 Å². The summed E-state index contributed by atoms with van der Waals surface area (Å²) < 4.78 is 0. The van der Waals surface area contributed by atoms with Crippen LogP contribution in [0.4, 0.5) is 0 Å². The van der Waals surface area contributed by atoms with Crippen LogP contribution in [0.15, 0.2) is 36.4 Å². The van der Waals surface area contributed by atoms with Gasteiger partial charge in [0.1, 0.15) is 0 Å². The van der Waals surface area contributed by atoms with Gasteiger partial charge in [-0.3, -0.25) is 0 Å². The number of rotatable bonds is 4. The van der Waals surface area contributed by atoms with E-state index in [0.29, 0.717) is 0 Å². The number of nitrogens with zero attached hydrogens (tertiary/aromatic N) is 3. The second-order valence-electron chi connectivity index (χ2n) is 6.14. The summed E-state index contributed by atoms with van der Waals surface area (Å²) in [7, 11) is 0. The molecule has 1 aromatic carbocycles. The third-order valence-corrected chi connectivity index (χ3v) is 3.44. The first-order valence-electron chi connectivity index (χ1n) is 6.83. The molecule has 0 bridgehead atoms. The van der Waals surface area contributed by atoms with Gasteiger partial charge in [0.2, 0.25) is 0 Å². The maximum Gasteiger partial charge on any atom is 0.163 e. The van der Waals surface area contributed by atoms with E-state index in [4.69, 9.17) is 0 Å². The molecule has 0 aliphatic heterocycles. The maximum absolute atomic E-state index is 9.48. The van der Waals surface area contributed by atoms with E-state index in [0.717, 1.165) is 5.56 Å². The largest absolute Gasteiger partial charge is 0.198 e. The minimum absolute atomic E-state index is 0.240. The van der Waals surface area contributed by atoms with Crippen molar-refractivity contribution in [2.24, 2.45) is 16.7 Å². The van der Waals surface area contributed by atoms with Gasteiger partial charge in [-0.2, -0.15) is 15.8 Å². The van der Waals surface area contributed by atoms with E-state index in [-0.39, 0.29) is 6.42 Å². The van der Waals surface area contributed by atoms with Crippen molar-refractivity contribution in [1.82, 2.24) is 0 Å². The molecule has 0 fully saturated rings. The summed E-state index contributed by atoms with van der Waals surface area (Å²) in [5.41, 5.74) is -0.745. The molecule has 0 amide bonds. The molecule has 106 valence electrons. The fourth-order valence-corrected chi connectivity index (χ4v) is 2.35. The third kappa shape index (κ3) is 3.95. The van der Waals surface area contributed by atoms with E-state index in [1.807, 2.05) is 57.2 Å². The molecule has 1 rings (SSSR count). The molecule has 0 saturated carbocycles. The fraction of sp³-hybridized carbons (Fsp3) is 0.389. The van der Waals surface area contributed by atoms with Gasteiger partial charge >= 0.3 is 0 Å². The quantitative estimate of drug-likeness (QED) is 0.823. The molecule has 0 aliphatic rings. The van der Waals surface area contributed by atoms with Gasteiger partial charge in [0.05, 0.1) is 24.1 Å². The number of allylic oxidation sites excluding steroid dienone is 1. The number of hydrogen-bond donors (Lipinski definition) is 0. The summed E-state index contributed by atoms with van der Waals surface area (Å²) in [5, 5.41) is 28.4. The highest BCUT2D eigenvalue weighted by atomic mass is 14.5. The molecule has 0 aromatic heterocycles. The van der Waals surface area contributed by atoms with Crippen LogP contribution in [0.25, 0.3) is 6.08 Å². The molecule has 3 nitrogen and oxygen atoms in total. The van der Waals surface area contributed by atoms with Gasteiger partial charge < -0.3 is 0 Å². The van der Waals surface area contributed by atoms with Gasteiger partial charge in [-0.05, 0) is 17.4 Å². The van der Waals surface area contributed by atoms with Crippen LogP contribution in [0.3, 0.4) is 0 Å². The molecule has 1 unspecified atom stereocenters. The molecule has 0 saturated heterocycles. The second-order valence-corrected chi connectivity index (χ2v) is 6.14. The Morgan fingerprint density at radius 1 is 1.05 bits per heavy atom. The van der Waals surface area contributed by atoms with Crippen LogP contribution < -0.4 is 0 Å². The van der Waals surface area contributed by atoms with Crippen molar-refractivity contribution in [3.8, 4) is 18.2 Å². The molecule has 0 aliphatic carbocycles. The number of hydrogen-bond acceptors (Lipinski definition) is 3. The summed E-state index contributed by atoms with van der Waals surface area (Å²) in [4.78, 5) is 0. The van der Waals surface area contributed by atoms with Gasteiger partial charge in [-0.15, -0.1) is 0 Å². The summed E-state index contributed by atoms with van der Waals surface area (Å²) >= 11 is 0. The zero-order chi connectivity index (χ0) is 15.9. The average Bonchev–Trinajstić information content (AvgIpc) is 2.46. The predicted molar refractivity (Wildman–Crippen MR) is 82.3 cm³/mol. The SMILES string of the molecule is CC(C)(C)C(C#N)C(C#N)(C#N)C/C=C/c1ccccc1. The molecule has 21 heavy (non-hydrogen) atoms. The molecule has 0 N–H and O–H groups in total. The zero-order valence-electron chi connectivity index (χ0n) is 12.7. The van der Waals surface area contributed by atoms with Gasteiger partial charge in [-0.1, -0.05) is 63.3 Å². The van der Waals surface area contributed by atoms with Crippen molar-refractivity contribution >= 4 is 6.08 Å². The van der Waals surface area contributed by atoms with Crippen molar-refractivity contribution in [3.05, 3.63) is 42.0 Å². The highest BCUT2D eigenvalue weighted by Gasteiger charge is 2.45. The monoisotopic (exact) mass is 277 g/mol. The normalized spacial score (nSPS) is 13.1. The van der Waals surface area contributed by atoms with Crippen LogP contribution in [-0.4, -0.2) is 0 Å². The third-order valence-electron chi connectivity index (χ3n) is 3.44. The average molecular weight is 277 g/mol. The highest BCUT2D eigenvalue weighted by molar-refractivity contribution is 5.49. The van der Waals surface area contributed by atoms with Crippen LogP contribution >= 0.6 is 0 Å². The Morgan fingerprint density at radius 2 is 1.62 bits per heavy atom. The molecular weight excluding hydrogens is 258 g/mol. The number of nitriles is 3. The van der Waals surface area contributed by atoms with Crippen LogP contribution in [0.2, 0.25) is 0 Å². The minimum Gasteiger partial charge on any atom is -0.198 e. The molecule has 1 aromatic rings. The lowest BCUT2D eigenvalue weighted by atomic mass is 9.64. The summed E-state index contributed by atoms with van der Waals surface area (Å²) in [6, 6.07) is 16.0. The van der Waals surface area contributed by atoms with E-state index in [9.17, 15) is 15.8 Å². The Labute approximate surface area is 126 Å². The molecular formula is C18H19N3. The topological polar surface area (TPSA) is 71.4 Å². The molecule has 0 spiro atoms. The maximum atomic E-state index is 9.48. The smallest absolute Gasteiger partial charge is 0.163 e. The van der Waals surface area contributed by atoms with E-state index in [1.165, 1.54) is 0 Å². The molecule has 0 heterocycles. The van der Waals surface area contributed by atoms with Crippen molar-refractivity contribution in [1.29, 1.82) is 15.8 Å². The van der Waals surface area contributed by atoms with Crippen molar-refractivity contribution in [2.75, 3.05) is 0 Å². The lowest BCUT2D eigenvalue weighted by Crippen LogP contribution is -2.35. The lowest BCUT2D eigenvalue weighted by Gasteiger charge is -2.33. The Balaban J connectivity index is 3.04. The Kier molecular flexibility index (Phi) is 5.29. The first kappa shape index (κ1) is 16.5. The van der Waals surface area contributed by atoms with Crippen molar-refractivity contribution < 1.29 is 0 Å². The highest BCUT2D eigenvalue weighted by Crippen LogP contribution is 2.42. The van der Waals surface area contributed by atoms with Crippen LogP contribution in [0.5, 0.6) is 0 Å². The van der Waals surface area contributed by atoms with Gasteiger partial charge in [-0.25, -0.2) is 0 Å². The number of benzene rings is 1. The van der Waals surface area contributed by atoms with Crippen LogP contribution in [0, 0.1) is 50.7 Å². The Morgan fingerprint density at radius 3 is 2.05 bits per heavy atom. The van der Waals surface area contributed by atoms with Crippen molar-refractivity contribution in [3.63, 3.8) is 0 Å². The predicted octanol–water partition coefficient (Wildman–Crippen LogP) is 4.31. The summed E-state index contributed by atoms with van der Waals surface area (Å²) in [6.07, 6.45) is 3.92. The molecule has 3 heteroatoms. The standard InChI is InChI=1S/C18H19N3/c1-17(2,3)16(12-19)18(13-20,14-21)11-7-10-15-8-5-4-6-9-15/h4-10,16H,11H2,1-3H3/b10-7+. The van der Waals surface area contributed by atoms with E-state index >= 15 is 0 Å². The lowest BCUT2D eigenvalue weighted by molar-refractivity contribution is 0.202. The molecule has 1 atom stereocenters. The van der Waals surface area contributed by atoms with Gasteiger partial charge in [0.25, 0.3) is 0 Å². The summed E-state index contributed by atoms with van der Waals surface area (Å²) in [5.74, 6) is -0.652. The first-order chi connectivity index (χ1) is 9.89. The van der Waals surface area contributed by atoms with Crippen molar-refractivity contribution in [2.45, 2.75) is 27.2 Å². The zero-order valence-corrected chi connectivity index (χ0v) is 12.7. The fourth-order valence-electron chi connectivity index (χ4n) is 2.35. The summed E-state index contributed by atoms with van der Waals surface area (Å²) in [6.45, 7) is 5.64. The second kappa shape index (κ2) is 6.74. The van der Waals surface area contributed by atoms with Crippen LogP contribution in [-0.2, 0) is 0 Å². The first-order valence-corrected chi connectivity index (χ1v) is 6.83. The van der Waals surface area contributed by atoms with E-state index < -0.39 is 16.7 Å². The Hall–Kier alpha value is -2.57. The Bertz CT molecular complexity index is 602. The van der Waals surface area contributed by atoms with E-state index in [1.54, 1.807) is 6.08 Å². The molecule has 0 radical (unpaired) electrons. The van der Waals surface area contributed by atoms with Crippen LogP contribution in [0.1, 0.15) is 32.8 Å². The van der Waals surface area contributed by atoms with Gasteiger partial charge in [0.15, 0.2) is 5.41 Å². The van der Waals surface area contributed by atoms with Gasteiger partial charge in [0, 0.05) is 0 Å².